The van der Waals surface area contributed by atoms with Gasteiger partial charge >= 0.3 is 6.03 Å². The highest BCUT2D eigenvalue weighted by atomic mass is 16.3. The molecule has 100 valence electrons. The first-order valence-corrected chi connectivity index (χ1v) is 5.67. The lowest BCUT2D eigenvalue weighted by Gasteiger charge is -2.29. The van der Waals surface area contributed by atoms with Crippen molar-refractivity contribution >= 4 is 11.9 Å². The van der Waals surface area contributed by atoms with E-state index in [2.05, 4.69) is 20.8 Å². The zero-order valence-corrected chi connectivity index (χ0v) is 10.8. The van der Waals surface area contributed by atoms with Crippen LogP contribution in [0.25, 0.3) is 0 Å². The minimum Gasteiger partial charge on any atom is -0.396 e. The van der Waals surface area contributed by atoms with Gasteiger partial charge in [0.2, 0.25) is 5.91 Å². The maximum Gasteiger partial charge on any atom is 0.318 e. The van der Waals surface area contributed by atoms with Crippen LogP contribution in [0.4, 0.5) is 4.79 Å². The number of carbonyl (C=O) groups is 2. The topological polar surface area (TPSA) is 95.7 Å². The van der Waals surface area contributed by atoms with Gasteiger partial charge in [0.25, 0.3) is 0 Å². The van der Waals surface area contributed by atoms with Gasteiger partial charge in [-0.15, -0.1) is 0 Å². The molecule has 0 aromatic carbocycles. The molecule has 6 nitrogen and oxygen atoms in total. The summed E-state index contributed by atoms with van der Waals surface area (Å²) in [5.74, 6) is -0.417. The van der Waals surface area contributed by atoms with E-state index in [9.17, 15) is 9.59 Å². The summed E-state index contributed by atoms with van der Waals surface area (Å²) in [7, 11) is 0. The van der Waals surface area contributed by atoms with Gasteiger partial charge in [0.15, 0.2) is 0 Å². The molecule has 4 N–H and O–H groups in total. The average molecular weight is 245 g/mol. The number of aliphatic hydroxyl groups is 1. The molecule has 0 rings (SSSR count). The van der Waals surface area contributed by atoms with Crippen molar-refractivity contribution in [2.45, 2.75) is 27.2 Å². The fraction of sp³-hybridized carbons (Fsp3) is 0.818. The fourth-order valence-electron chi connectivity index (χ4n) is 1.56. The molecule has 0 aliphatic rings. The number of rotatable bonds is 6. The Morgan fingerprint density at radius 3 is 2.35 bits per heavy atom. The van der Waals surface area contributed by atoms with E-state index >= 15 is 0 Å². The van der Waals surface area contributed by atoms with Crippen LogP contribution in [0.1, 0.15) is 27.2 Å². The summed E-state index contributed by atoms with van der Waals surface area (Å²) in [6, 6.07) is -0.840. The molecule has 17 heavy (non-hydrogen) atoms. The molecule has 0 saturated heterocycles. The van der Waals surface area contributed by atoms with Gasteiger partial charge in [0.05, 0.1) is 6.54 Å². The van der Waals surface area contributed by atoms with Crippen LogP contribution in [-0.4, -0.2) is 48.2 Å². The van der Waals surface area contributed by atoms with Gasteiger partial charge in [-0.3, -0.25) is 15.0 Å². The van der Waals surface area contributed by atoms with E-state index in [0.29, 0.717) is 19.5 Å². The second kappa shape index (κ2) is 7.24. The maximum absolute atomic E-state index is 11.4. The number of amides is 3. The summed E-state index contributed by atoms with van der Waals surface area (Å²) in [4.78, 5) is 23.8. The third kappa shape index (κ3) is 9.77. The van der Waals surface area contributed by atoms with Crippen molar-refractivity contribution in [3.63, 3.8) is 0 Å². The monoisotopic (exact) mass is 245 g/mol. The maximum atomic E-state index is 11.4. The molecule has 0 radical (unpaired) electrons. The van der Waals surface area contributed by atoms with Gasteiger partial charge in [-0.2, -0.15) is 0 Å². The lowest BCUT2D eigenvalue weighted by Crippen LogP contribution is -2.44. The summed E-state index contributed by atoms with van der Waals surface area (Å²) < 4.78 is 0. The second-order valence-electron chi connectivity index (χ2n) is 5.26. The van der Waals surface area contributed by atoms with Crippen LogP contribution in [0.5, 0.6) is 0 Å². The molecular weight excluding hydrogens is 222 g/mol. The zero-order valence-electron chi connectivity index (χ0n) is 10.8. The Labute approximate surface area is 102 Å². The van der Waals surface area contributed by atoms with Crippen LogP contribution < -0.4 is 11.1 Å². The van der Waals surface area contributed by atoms with Gasteiger partial charge in [-0.1, -0.05) is 20.8 Å². The molecule has 0 atom stereocenters. The van der Waals surface area contributed by atoms with Crippen LogP contribution in [-0.2, 0) is 4.79 Å². The summed E-state index contributed by atoms with van der Waals surface area (Å²) in [6.45, 7) is 7.69. The zero-order chi connectivity index (χ0) is 13.5. The first kappa shape index (κ1) is 15.9. The number of hydrogen-bond acceptors (Lipinski definition) is 4. The summed E-state index contributed by atoms with van der Waals surface area (Å²) >= 11 is 0. The Morgan fingerprint density at radius 1 is 1.35 bits per heavy atom. The van der Waals surface area contributed by atoms with E-state index in [1.807, 2.05) is 10.2 Å². The van der Waals surface area contributed by atoms with E-state index in [-0.39, 0.29) is 18.6 Å². The van der Waals surface area contributed by atoms with E-state index in [1.54, 1.807) is 0 Å². The molecule has 0 unspecified atom stereocenters. The number of imide groups is 1. The van der Waals surface area contributed by atoms with Crippen LogP contribution in [0.15, 0.2) is 0 Å². The Bertz CT molecular complexity index is 261. The Balaban J connectivity index is 4.27. The largest absolute Gasteiger partial charge is 0.396 e. The molecule has 0 aliphatic carbocycles. The minimum absolute atomic E-state index is 0.0441. The van der Waals surface area contributed by atoms with Crippen molar-refractivity contribution in [1.29, 1.82) is 0 Å². The van der Waals surface area contributed by atoms with Crippen LogP contribution in [0.2, 0.25) is 0 Å². The summed E-state index contributed by atoms with van der Waals surface area (Å²) in [5, 5.41) is 10.8. The lowest BCUT2D eigenvalue weighted by atomic mass is 9.96. The predicted molar refractivity (Wildman–Crippen MR) is 65.3 cm³/mol. The normalized spacial score (nSPS) is 11.6. The molecule has 0 aromatic heterocycles. The van der Waals surface area contributed by atoms with E-state index in [4.69, 9.17) is 10.8 Å². The fourth-order valence-corrected chi connectivity index (χ4v) is 1.56. The summed E-state index contributed by atoms with van der Waals surface area (Å²) in [5.41, 5.74) is 4.91. The third-order valence-electron chi connectivity index (χ3n) is 1.96. The molecule has 0 bridgehead atoms. The Morgan fingerprint density at radius 2 is 1.94 bits per heavy atom. The van der Waals surface area contributed by atoms with E-state index < -0.39 is 11.9 Å². The van der Waals surface area contributed by atoms with Gasteiger partial charge < -0.3 is 10.8 Å². The van der Waals surface area contributed by atoms with Gasteiger partial charge in [0, 0.05) is 19.7 Å². The number of nitrogens with one attached hydrogen (secondary N) is 1. The number of aliphatic hydroxyl groups excluding tert-OH is 1. The quantitative estimate of drug-likeness (QED) is 0.609. The molecule has 0 fully saturated rings. The number of carbonyl (C=O) groups excluding carboxylic acids is 2. The van der Waals surface area contributed by atoms with Crippen molar-refractivity contribution in [1.82, 2.24) is 10.2 Å². The van der Waals surface area contributed by atoms with Crippen molar-refractivity contribution in [3.05, 3.63) is 0 Å². The molecule has 0 aliphatic heterocycles. The van der Waals surface area contributed by atoms with Gasteiger partial charge in [-0.25, -0.2) is 4.79 Å². The number of nitrogens with zero attached hydrogens (tertiary/aromatic N) is 1. The van der Waals surface area contributed by atoms with Crippen molar-refractivity contribution in [2.24, 2.45) is 11.1 Å². The number of urea groups is 1. The first-order chi connectivity index (χ1) is 7.74. The number of nitrogens with two attached hydrogens (primary N) is 1. The predicted octanol–water partition coefficient (Wildman–Crippen LogP) is -0.0882. The summed E-state index contributed by atoms with van der Waals surface area (Å²) in [6.07, 6.45) is 0.597. The highest BCUT2D eigenvalue weighted by molar-refractivity contribution is 5.94. The minimum atomic E-state index is -0.840. The highest BCUT2D eigenvalue weighted by Crippen LogP contribution is 2.15. The number of primary amides is 1. The van der Waals surface area contributed by atoms with Crippen molar-refractivity contribution in [2.75, 3.05) is 26.2 Å². The smallest absolute Gasteiger partial charge is 0.318 e. The standard InChI is InChI=1S/C11H23N3O3/c1-11(2,3)8-14(5-4-6-15)7-9(16)13-10(12)17/h15H,4-8H2,1-3H3,(H3,12,13,16,17). The van der Waals surface area contributed by atoms with Gasteiger partial charge in [-0.05, 0) is 11.8 Å². The molecule has 0 saturated carbocycles. The Hall–Kier alpha value is -1.14. The van der Waals surface area contributed by atoms with Crippen LogP contribution in [0.3, 0.4) is 0 Å². The van der Waals surface area contributed by atoms with Crippen molar-refractivity contribution < 1.29 is 14.7 Å². The Kier molecular flexibility index (Phi) is 6.75. The molecule has 0 spiro atoms. The van der Waals surface area contributed by atoms with Crippen LogP contribution >= 0.6 is 0 Å². The molecular formula is C11H23N3O3. The molecule has 6 heteroatoms. The number of hydrogen-bond donors (Lipinski definition) is 3. The van der Waals surface area contributed by atoms with Gasteiger partial charge in [0.1, 0.15) is 0 Å². The molecule has 3 amide bonds. The molecule has 0 aromatic rings. The van der Waals surface area contributed by atoms with Crippen LogP contribution in [0, 0.1) is 5.41 Å². The van der Waals surface area contributed by atoms with E-state index in [0.717, 1.165) is 0 Å². The lowest BCUT2D eigenvalue weighted by molar-refractivity contribution is -0.121. The SMILES string of the molecule is CC(C)(C)CN(CCCO)CC(=O)NC(N)=O. The van der Waals surface area contributed by atoms with Crippen molar-refractivity contribution in [3.8, 4) is 0 Å². The van der Waals surface area contributed by atoms with E-state index in [1.165, 1.54) is 0 Å². The highest BCUT2D eigenvalue weighted by Gasteiger charge is 2.18. The molecule has 0 heterocycles. The second-order valence-corrected chi connectivity index (χ2v) is 5.26. The third-order valence-corrected chi connectivity index (χ3v) is 1.96. The first-order valence-electron chi connectivity index (χ1n) is 5.67. The average Bonchev–Trinajstić information content (AvgIpc) is 2.10.